The lowest BCUT2D eigenvalue weighted by Crippen LogP contribution is -2.12. The zero-order valence-electron chi connectivity index (χ0n) is 8.08. The Labute approximate surface area is 77.6 Å². The van der Waals surface area contributed by atoms with Crippen LogP contribution in [0, 0.1) is 5.82 Å². The van der Waals surface area contributed by atoms with E-state index in [-0.39, 0.29) is 5.82 Å². The fourth-order valence-corrected chi connectivity index (χ4v) is 1.27. The van der Waals surface area contributed by atoms with Crippen molar-refractivity contribution >= 4 is 5.69 Å². The van der Waals surface area contributed by atoms with Gasteiger partial charge in [0, 0.05) is 25.3 Å². The summed E-state index contributed by atoms with van der Waals surface area (Å²) in [6, 6.07) is 4.42. The summed E-state index contributed by atoms with van der Waals surface area (Å²) >= 11 is 0. The van der Waals surface area contributed by atoms with Crippen molar-refractivity contribution in [3.8, 4) is 0 Å². The number of rotatable bonds is 2. The van der Waals surface area contributed by atoms with Crippen molar-refractivity contribution in [3.63, 3.8) is 0 Å². The molecule has 0 heterocycles. The molecule has 0 aliphatic carbocycles. The summed E-state index contributed by atoms with van der Waals surface area (Å²) in [5, 5.41) is 9.38. The number of aliphatic hydroxyl groups excluding tert-OH is 1. The molecule has 0 saturated carbocycles. The van der Waals surface area contributed by atoms with Crippen LogP contribution in [0.5, 0.6) is 0 Å². The Morgan fingerprint density at radius 3 is 2.46 bits per heavy atom. The highest BCUT2D eigenvalue weighted by Gasteiger charge is 2.10. The summed E-state index contributed by atoms with van der Waals surface area (Å²) in [7, 11) is 3.72. The number of benzene rings is 1. The van der Waals surface area contributed by atoms with Gasteiger partial charge in [-0.15, -0.1) is 0 Å². The van der Waals surface area contributed by atoms with E-state index in [9.17, 15) is 9.50 Å². The minimum Gasteiger partial charge on any atom is -0.389 e. The highest BCUT2D eigenvalue weighted by molar-refractivity contribution is 5.53. The first-order chi connectivity index (χ1) is 6.02. The molecule has 0 fully saturated rings. The van der Waals surface area contributed by atoms with Crippen molar-refractivity contribution in [2.24, 2.45) is 0 Å². The Balaban J connectivity index is 3.19. The van der Waals surface area contributed by atoms with Crippen LogP contribution in [0.1, 0.15) is 18.6 Å². The number of anilines is 1. The van der Waals surface area contributed by atoms with Gasteiger partial charge in [-0.05, 0) is 25.1 Å². The van der Waals surface area contributed by atoms with Gasteiger partial charge in [0.1, 0.15) is 5.82 Å². The SMILES string of the molecule is C[C@H](O)c1cc(F)ccc1N(C)C. The molecule has 0 aromatic heterocycles. The second-order valence-corrected chi connectivity index (χ2v) is 3.27. The molecule has 0 bridgehead atoms. The molecule has 1 N–H and O–H groups in total. The molecule has 3 heteroatoms. The van der Waals surface area contributed by atoms with E-state index in [1.807, 2.05) is 19.0 Å². The molecule has 0 aliphatic heterocycles. The standard InChI is InChI=1S/C10H14FNO/c1-7(13)9-6-8(11)4-5-10(9)12(2)3/h4-7,13H,1-3H3/t7-/m0/s1. The molecule has 1 atom stereocenters. The van der Waals surface area contributed by atoms with E-state index in [4.69, 9.17) is 0 Å². The molecule has 13 heavy (non-hydrogen) atoms. The molecule has 0 saturated heterocycles. The van der Waals surface area contributed by atoms with E-state index >= 15 is 0 Å². The van der Waals surface area contributed by atoms with Gasteiger partial charge in [-0.1, -0.05) is 0 Å². The van der Waals surface area contributed by atoms with Gasteiger partial charge in [0.05, 0.1) is 6.10 Å². The maximum Gasteiger partial charge on any atom is 0.123 e. The number of halogens is 1. The van der Waals surface area contributed by atoms with Crippen LogP contribution >= 0.6 is 0 Å². The average molecular weight is 183 g/mol. The monoisotopic (exact) mass is 183 g/mol. The molecule has 1 aromatic rings. The third kappa shape index (κ3) is 2.18. The van der Waals surface area contributed by atoms with E-state index in [2.05, 4.69) is 0 Å². The maximum absolute atomic E-state index is 12.8. The average Bonchev–Trinajstić information content (AvgIpc) is 2.03. The summed E-state index contributed by atoms with van der Waals surface area (Å²) in [5.41, 5.74) is 1.46. The first-order valence-electron chi connectivity index (χ1n) is 4.17. The molecule has 0 unspecified atom stereocenters. The summed E-state index contributed by atoms with van der Waals surface area (Å²) < 4.78 is 12.8. The normalized spacial score (nSPS) is 12.7. The van der Waals surface area contributed by atoms with Gasteiger partial charge in [-0.3, -0.25) is 0 Å². The fraction of sp³-hybridized carbons (Fsp3) is 0.400. The summed E-state index contributed by atoms with van der Waals surface area (Å²) in [6.45, 7) is 1.63. The third-order valence-corrected chi connectivity index (χ3v) is 1.92. The largest absolute Gasteiger partial charge is 0.389 e. The predicted molar refractivity (Wildman–Crippen MR) is 51.4 cm³/mol. The van der Waals surface area contributed by atoms with Crippen LogP contribution in [0.15, 0.2) is 18.2 Å². The van der Waals surface area contributed by atoms with Gasteiger partial charge < -0.3 is 10.0 Å². The van der Waals surface area contributed by atoms with E-state index < -0.39 is 6.10 Å². The van der Waals surface area contributed by atoms with Crippen LogP contribution in [0.25, 0.3) is 0 Å². The zero-order chi connectivity index (χ0) is 10.0. The number of hydrogen-bond acceptors (Lipinski definition) is 2. The zero-order valence-corrected chi connectivity index (χ0v) is 8.08. The molecule has 2 nitrogen and oxygen atoms in total. The van der Waals surface area contributed by atoms with Crippen molar-refractivity contribution in [1.29, 1.82) is 0 Å². The van der Waals surface area contributed by atoms with Crippen LogP contribution in [-0.4, -0.2) is 19.2 Å². The number of nitrogens with zero attached hydrogens (tertiary/aromatic N) is 1. The Bertz CT molecular complexity index is 297. The minimum absolute atomic E-state index is 0.318. The van der Waals surface area contributed by atoms with E-state index in [1.165, 1.54) is 12.1 Å². The lowest BCUT2D eigenvalue weighted by atomic mass is 10.1. The van der Waals surface area contributed by atoms with Gasteiger partial charge in [-0.2, -0.15) is 0 Å². The van der Waals surface area contributed by atoms with Crippen molar-refractivity contribution in [2.75, 3.05) is 19.0 Å². The number of aliphatic hydroxyl groups is 1. The van der Waals surface area contributed by atoms with Crippen LogP contribution in [0.4, 0.5) is 10.1 Å². The van der Waals surface area contributed by atoms with Crippen LogP contribution < -0.4 is 4.90 Å². The molecular formula is C10H14FNO. The van der Waals surface area contributed by atoms with Crippen molar-refractivity contribution in [3.05, 3.63) is 29.6 Å². The Kier molecular flexibility index (Phi) is 2.88. The van der Waals surface area contributed by atoms with Gasteiger partial charge in [0.15, 0.2) is 0 Å². The third-order valence-electron chi connectivity index (χ3n) is 1.92. The van der Waals surface area contributed by atoms with Crippen LogP contribution in [0.3, 0.4) is 0 Å². The fourth-order valence-electron chi connectivity index (χ4n) is 1.27. The van der Waals surface area contributed by atoms with Crippen molar-refractivity contribution < 1.29 is 9.50 Å². The first-order valence-corrected chi connectivity index (χ1v) is 4.17. The van der Waals surface area contributed by atoms with Gasteiger partial charge in [0.2, 0.25) is 0 Å². The van der Waals surface area contributed by atoms with Gasteiger partial charge >= 0.3 is 0 Å². The predicted octanol–water partition coefficient (Wildman–Crippen LogP) is 1.94. The van der Waals surface area contributed by atoms with E-state index in [1.54, 1.807) is 13.0 Å². The van der Waals surface area contributed by atoms with Crippen molar-refractivity contribution in [2.45, 2.75) is 13.0 Å². The maximum atomic E-state index is 12.8. The molecule has 72 valence electrons. The van der Waals surface area contributed by atoms with Crippen molar-refractivity contribution in [1.82, 2.24) is 0 Å². The van der Waals surface area contributed by atoms with Gasteiger partial charge in [0.25, 0.3) is 0 Å². The van der Waals surface area contributed by atoms with Crippen LogP contribution in [0.2, 0.25) is 0 Å². The van der Waals surface area contributed by atoms with E-state index in [0.29, 0.717) is 5.56 Å². The number of hydrogen-bond donors (Lipinski definition) is 1. The second-order valence-electron chi connectivity index (χ2n) is 3.27. The highest BCUT2D eigenvalue weighted by Crippen LogP contribution is 2.25. The van der Waals surface area contributed by atoms with Gasteiger partial charge in [-0.25, -0.2) is 4.39 Å². The summed E-state index contributed by atoms with van der Waals surface area (Å²) in [6.07, 6.45) is -0.645. The quantitative estimate of drug-likeness (QED) is 0.757. The lowest BCUT2D eigenvalue weighted by Gasteiger charge is -2.18. The minimum atomic E-state index is -0.645. The second kappa shape index (κ2) is 3.75. The Morgan fingerprint density at radius 2 is 2.00 bits per heavy atom. The molecule has 1 rings (SSSR count). The van der Waals surface area contributed by atoms with E-state index in [0.717, 1.165) is 5.69 Å². The smallest absolute Gasteiger partial charge is 0.123 e. The highest BCUT2D eigenvalue weighted by atomic mass is 19.1. The topological polar surface area (TPSA) is 23.5 Å². The Morgan fingerprint density at radius 1 is 1.38 bits per heavy atom. The summed E-state index contributed by atoms with van der Waals surface area (Å²) in [4.78, 5) is 1.85. The molecule has 1 aromatic carbocycles. The molecule has 0 aliphatic rings. The molecular weight excluding hydrogens is 169 g/mol. The Hall–Kier alpha value is -1.09. The summed E-state index contributed by atoms with van der Waals surface area (Å²) in [5.74, 6) is -0.318. The molecule has 0 radical (unpaired) electrons. The molecule has 0 amide bonds. The first kappa shape index (κ1) is 9.99. The van der Waals surface area contributed by atoms with Crippen LogP contribution in [-0.2, 0) is 0 Å². The lowest BCUT2D eigenvalue weighted by molar-refractivity contribution is 0.199. The molecule has 0 spiro atoms.